The molecule has 6 heteroatoms. The summed E-state index contributed by atoms with van der Waals surface area (Å²) in [5.74, 6) is 0.962. The summed E-state index contributed by atoms with van der Waals surface area (Å²) in [5.41, 5.74) is 0.982. The first-order chi connectivity index (χ1) is 11.1. The molecule has 0 atom stereocenters. The number of carbonyl (C=O) groups is 1. The van der Waals surface area contributed by atoms with Crippen LogP contribution in [0.2, 0.25) is 0 Å². The van der Waals surface area contributed by atoms with Crippen molar-refractivity contribution in [3.05, 3.63) is 23.9 Å². The minimum atomic E-state index is -0.202. The maximum atomic E-state index is 11.9. The minimum Gasteiger partial charge on any atom is -0.393 e. The lowest BCUT2D eigenvalue weighted by atomic mass is 9.93. The van der Waals surface area contributed by atoms with Crippen LogP contribution in [0.1, 0.15) is 45.1 Å². The molecule has 2 rings (SSSR count). The number of nitrogens with one attached hydrogen (secondary N) is 2. The Morgan fingerprint density at radius 1 is 1.26 bits per heavy atom. The lowest BCUT2D eigenvalue weighted by Gasteiger charge is -2.26. The van der Waals surface area contributed by atoms with Gasteiger partial charge >= 0.3 is 6.03 Å². The molecule has 0 radical (unpaired) electrons. The highest BCUT2D eigenvalue weighted by Crippen LogP contribution is 2.18. The van der Waals surface area contributed by atoms with E-state index in [1.165, 1.54) is 0 Å². The molecule has 0 spiro atoms. The van der Waals surface area contributed by atoms with E-state index in [0.29, 0.717) is 6.54 Å². The summed E-state index contributed by atoms with van der Waals surface area (Å²) < 4.78 is 0. The molecule has 0 aliphatic heterocycles. The quantitative estimate of drug-likeness (QED) is 0.749. The summed E-state index contributed by atoms with van der Waals surface area (Å²) >= 11 is 0. The van der Waals surface area contributed by atoms with Gasteiger partial charge in [0, 0.05) is 31.9 Å². The van der Waals surface area contributed by atoms with Crippen molar-refractivity contribution in [2.45, 2.75) is 58.2 Å². The standard InChI is InChI=1S/C17H28N4O2/c1-3-21(4-2)16-10-5-13(11-18-16)12-19-17(23)20-14-6-8-15(22)9-7-14/h5,10-11,14-15,22H,3-4,6-9,12H2,1-2H3,(H2,19,20,23). The van der Waals surface area contributed by atoms with Crippen molar-refractivity contribution in [2.75, 3.05) is 18.0 Å². The van der Waals surface area contributed by atoms with E-state index in [1.807, 2.05) is 18.3 Å². The number of hydrogen-bond donors (Lipinski definition) is 3. The van der Waals surface area contributed by atoms with Gasteiger partial charge in [-0.15, -0.1) is 0 Å². The van der Waals surface area contributed by atoms with Crippen molar-refractivity contribution in [3.8, 4) is 0 Å². The maximum Gasteiger partial charge on any atom is 0.315 e. The van der Waals surface area contributed by atoms with Gasteiger partial charge in [-0.2, -0.15) is 0 Å². The van der Waals surface area contributed by atoms with Crippen LogP contribution in [0.25, 0.3) is 0 Å². The number of aliphatic hydroxyl groups excluding tert-OH is 1. The van der Waals surface area contributed by atoms with Crippen LogP contribution in [0.4, 0.5) is 10.6 Å². The highest BCUT2D eigenvalue weighted by atomic mass is 16.3. The number of aromatic nitrogens is 1. The van der Waals surface area contributed by atoms with Crippen LogP contribution in [0.3, 0.4) is 0 Å². The zero-order valence-corrected chi connectivity index (χ0v) is 14.1. The predicted molar refractivity (Wildman–Crippen MR) is 91.4 cm³/mol. The molecule has 1 heterocycles. The Labute approximate surface area is 138 Å². The van der Waals surface area contributed by atoms with Gasteiger partial charge in [0.1, 0.15) is 5.82 Å². The van der Waals surface area contributed by atoms with Gasteiger partial charge in [0.25, 0.3) is 0 Å². The Balaban J connectivity index is 1.75. The van der Waals surface area contributed by atoms with E-state index >= 15 is 0 Å². The zero-order chi connectivity index (χ0) is 16.7. The molecule has 0 saturated heterocycles. The average molecular weight is 320 g/mol. The third kappa shape index (κ3) is 5.39. The molecule has 128 valence electrons. The summed E-state index contributed by atoms with van der Waals surface area (Å²) in [4.78, 5) is 18.6. The fourth-order valence-electron chi connectivity index (χ4n) is 2.89. The molecule has 1 aromatic rings. The van der Waals surface area contributed by atoms with Crippen molar-refractivity contribution in [3.63, 3.8) is 0 Å². The van der Waals surface area contributed by atoms with Crippen molar-refractivity contribution in [2.24, 2.45) is 0 Å². The summed E-state index contributed by atoms with van der Waals surface area (Å²) in [6.07, 6.45) is 4.82. The fraction of sp³-hybridized carbons (Fsp3) is 0.647. The van der Waals surface area contributed by atoms with Gasteiger partial charge in [-0.3, -0.25) is 0 Å². The van der Waals surface area contributed by atoms with Crippen LogP contribution >= 0.6 is 0 Å². The predicted octanol–water partition coefficient (Wildman–Crippen LogP) is 2.03. The molecule has 6 nitrogen and oxygen atoms in total. The number of pyridine rings is 1. The van der Waals surface area contributed by atoms with Crippen LogP contribution in [0, 0.1) is 0 Å². The van der Waals surface area contributed by atoms with Crippen LogP contribution in [0.5, 0.6) is 0 Å². The second kappa shape index (κ2) is 8.72. The van der Waals surface area contributed by atoms with Crippen molar-refractivity contribution < 1.29 is 9.90 Å². The van der Waals surface area contributed by atoms with Gasteiger partial charge in [0.2, 0.25) is 0 Å². The second-order valence-electron chi connectivity index (χ2n) is 6.03. The Morgan fingerprint density at radius 3 is 2.52 bits per heavy atom. The summed E-state index contributed by atoms with van der Waals surface area (Å²) in [7, 11) is 0. The Bertz CT molecular complexity index is 480. The number of anilines is 1. The summed E-state index contributed by atoms with van der Waals surface area (Å²) in [6.45, 7) is 6.54. The molecule has 1 aromatic heterocycles. The van der Waals surface area contributed by atoms with Gasteiger partial charge in [0.15, 0.2) is 0 Å². The van der Waals surface area contributed by atoms with E-state index in [1.54, 1.807) is 0 Å². The summed E-state index contributed by atoms with van der Waals surface area (Å²) in [5, 5.41) is 15.3. The number of urea groups is 1. The van der Waals surface area contributed by atoms with E-state index in [0.717, 1.165) is 50.2 Å². The maximum absolute atomic E-state index is 11.9. The van der Waals surface area contributed by atoms with Gasteiger partial charge in [-0.1, -0.05) is 6.07 Å². The monoisotopic (exact) mass is 320 g/mol. The molecule has 3 N–H and O–H groups in total. The van der Waals surface area contributed by atoms with E-state index < -0.39 is 0 Å². The highest BCUT2D eigenvalue weighted by Gasteiger charge is 2.20. The molecule has 0 bridgehead atoms. The number of amides is 2. The van der Waals surface area contributed by atoms with Crippen LogP contribution < -0.4 is 15.5 Å². The van der Waals surface area contributed by atoms with Crippen LogP contribution in [-0.4, -0.2) is 41.4 Å². The first-order valence-corrected chi connectivity index (χ1v) is 8.54. The Morgan fingerprint density at radius 2 is 1.96 bits per heavy atom. The largest absolute Gasteiger partial charge is 0.393 e. The van der Waals surface area contributed by atoms with Crippen molar-refractivity contribution >= 4 is 11.8 Å². The van der Waals surface area contributed by atoms with Gasteiger partial charge in [-0.25, -0.2) is 9.78 Å². The topological polar surface area (TPSA) is 77.5 Å². The first kappa shape index (κ1) is 17.5. The molecular formula is C17H28N4O2. The summed E-state index contributed by atoms with van der Waals surface area (Å²) in [6, 6.07) is 4.00. The number of hydrogen-bond acceptors (Lipinski definition) is 4. The molecule has 1 saturated carbocycles. The van der Waals surface area contributed by atoms with E-state index in [4.69, 9.17) is 0 Å². The molecule has 1 fully saturated rings. The molecule has 0 unspecified atom stereocenters. The number of aliphatic hydroxyl groups is 1. The third-order valence-corrected chi connectivity index (χ3v) is 4.38. The molecule has 23 heavy (non-hydrogen) atoms. The first-order valence-electron chi connectivity index (χ1n) is 8.54. The highest BCUT2D eigenvalue weighted by molar-refractivity contribution is 5.74. The number of carbonyl (C=O) groups excluding carboxylic acids is 1. The third-order valence-electron chi connectivity index (χ3n) is 4.38. The molecule has 1 aliphatic rings. The van der Waals surface area contributed by atoms with E-state index in [9.17, 15) is 9.90 Å². The van der Waals surface area contributed by atoms with Crippen molar-refractivity contribution in [1.29, 1.82) is 0 Å². The second-order valence-corrected chi connectivity index (χ2v) is 6.03. The SMILES string of the molecule is CCN(CC)c1ccc(CNC(=O)NC2CCC(O)CC2)cn1. The molecule has 2 amide bonds. The zero-order valence-electron chi connectivity index (χ0n) is 14.1. The lowest BCUT2D eigenvalue weighted by molar-refractivity contribution is 0.117. The van der Waals surface area contributed by atoms with Gasteiger partial charge in [-0.05, 0) is 51.2 Å². The van der Waals surface area contributed by atoms with E-state index in [-0.39, 0.29) is 18.2 Å². The van der Waals surface area contributed by atoms with Crippen LogP contribution in [0.15, 0.2) is 18.3 Å². The minimum absolute atomic E-state index is 0.154. The number of rotatable bonds is 6. The lowest BCUT2D eigenvalue weighted by Crippen LogP contribution is -2.43. The smallest absolute Gasteiger partial charge is 0.315 e. The normalized spacial score (nSPS) is 20.8. The van der Waals surface area contributed by atoms with Crippen LogP contribution in [-0.2, 0) is 6.54 Å². The molecular weight excluding hydrogens is 292 g/mol. The Hall–Kier alpha value is -1.82. The average Bonchev–Trinajstić information content (AvgIpc) is 2.57. The Kier molecular flexibility index (Phi) is 6.65. The fourth-order valence-corrected chi connectivity index (χ4v) is 2.89. The molecule has 0 aromatic carbocycles. The number of nitrogens with zero attached hydrogens (tertiary/aromatic N) is 2. The van der Waals surface area contributed by atoms with E-state index in [2.05, 4.69) is 34.4 Å². The van der Waals surface area contributed by atoms with Crippen molar-refractivity contribution in [1.82, 2.24) is 15.6 Å². The molecule has 1 aliphatic carbocycles. The van der Waals surface area contributed by atoms with Gasteiger partial charge < -0.3 is 20.6 Å². The van der Waals surface area contributed by atoms with Gasteiger partial charge in [0.05, 0.1) is 6.10 Å².